The fourth-order valence-electron chi connectivity index (χ4n) is 6.22. The van der Waals surface area contributed by atoms with E-state index in [-0.39, 0.29) is 23.4 Å². The first-order valence-corrected chi connectivity index (χ1v) is 10.2. The average Bonchev–Trinajstić information content (AvgIpc) is 2.79. The molecule has 0 aromatic carbocycles. The van der Waals surface area contributed by atoms with E-state index in [1.807, 2.05) is 14.1 Å². The van der Waals surface area contributed by atoms with Crippen LogP contribution in [0.1, 0.15) is 64.7 Å². The lowest BCUT2D eigenvalue weighted by Gasteiger charge is -2.52. The summed E-state index contributed by atoms with van der Waals surface area (Å²) in [5.41, 5.74) is 0.333. The maximum atomic E-state index is 14.5. The van der Waals surface area contributed by atoms with Gasteiger partial charge >= 0.3 is 0 Å². The quantitative estimate of drug-likeness (QED) is 0.583. The Morgan fingerprint density at radius 3 is 2.52 bits per heavy atom. The highest BCUT2D eigenvalue weighted by molar-refractivity contribution is 5.22. The number of aliphatic hydroxyl groups is 2. The maximum absolute atomic E-state index is 14.5. The van der Waals surface area contributed by atoms with Gasteiger partial charge in [-0.15, -0.1) is 0 Å². The second kappa shape index (κ2) is 7.28. The van der Waals surface area contributed by atoms with Crippen LogP contribution in [0, 0.1) is 23.2 Å². The van der Waals surface area contributed by atoms with E-state index < -0.39 is 11.8 Å². The number of rotatable bonds is 0. The molecule has 25 heavy (non-hydrogen) atoms. The van der Waals surface area contributed by atoms with E-state index in [1.54, 1.807) is 0 Å². The molecule has 7 atom stereocenters. The molecule has 4 rings (SSSR count). The fraction of sp³-hybridized carbons (Fsp3) is 0.905. The Labute approximate surface area is 152 Å². The molecule has 0 aromatic rings. The first-order valence-electron chi connectivity index (χ1n) is 10.2. The van der Waals surface area contributed by atoms with Gasteiger partial charge in [-0.05, 0) is 83.7 Å². The molecule has 3 saturated carbocycles. The minimum atomic E-state index is -0.748. The topological polar surface area (TPSA) is 52.5 Å². The van der Waals surface area contributed by atoms with Crippen LogP contribution in [0.25, 0.3) is 0 Å². The highest BCUT2D eigenvalue weighted by Crippen LogP contribution is 2.61. The van der Waals surface area contributed by atoms with Crippen molar-refractivity contribution < 1.29 is 14.6 Å². The standard InChI is InChI=1S/C19H29FO2.C2H7N/c1-18-8-7-14-10-13-11-15(21)3-2-12(13)6-9-19(14,22)16(18)4-5-17(18)20;1-3-2/h10,12,14-17,21-22H,2-9,11H2,1H3;3H,1-2H3/t12?,14?,15?,16?,17?,18?,19-;/m1./s1. The first-order chi connectivity index (χ1) is 11.8. The third-order valence-corrected chi connectivity index (χ3v) is 7.61. The third-order valence-electron chi connectivity index (χ3n) is 7.61. The largest absolute Gasteiger partial charge is 0.393 e. The Bertz CT molecular complexity index is 510. The Morgan fingerprint density at radius 1 is 1.08 bits per heavy atom. The van der Waals surface area contributed by atoms with Crippen LogP contribution in [0.3, 0.4) is 0 Å². The lowest BCUT2D eigenvalue weighted by Crippen LogP contribution is -2.54. The Morgan fingerprint density at radius 2 is 1.80 bits per heavy atom. The number of hydrogen-bond donors (Lipinski definition) is 3. The smallest absolute Gasteiger partial charge is 0.106 e. The summed E-state index contributed by atoms with van der Waals surface area (Å²) >= 11 is 0. The van der Waals surface area contributed by atoms with Gasteiger partial charge in [0.05, 0.1) is 11.7 Å². The Kier molecular flexibility index (Phi) is 5.63. The maximum Gasteiger partial charge on any atom is 0.106 e. The predicted molar refractivity (Wildman–Crippen MR) is 99.0 cm³/mol. The van der Waals surface area contributed by atoms with Crippen LogP contribution < -0.4 is 5.32 Å². The summed E-state index contributed by atoms with van der Waals surface area (Å²) in [4.78, 5) is 0. The van der Waals surface area contributed by atoms with Gasteiger partial charge in [-0.3, -0.25) is 0 Å². The molecule has 0 aliphatic heterocycles. The van der Waals surface area contributed by atoms with Gasteiger partial charge in [0.2, 0.25) is 0 Å². The molecule has 0 spiro atoms. The normalized spacial score (nSPS) is 48.9. The zero-order chi connectivity index (χ0) is 18.2. The summed E-state index contributed by atoms with van der Waals surface area (Å²) in [7, 11) is 3.75. The van der Waals surface area contributed by atoms with Crippen LogP contribution in [0.15, 0.2) is 11.6 Å². The van der Waals surface area contributed by atoms with Gasteiger partial charge in [-0.2, -0.15) is 0 Å². The molecule has 4 aliphatic rings. The summed E-state index contributed by atoms with van der Waals surface area (Å²) in [5, 5.41) is 24.3. The molecule has 3 nitrogen and oxygen atoms in total. The van der Waals surface area contributed by atoms with Crippen LogP contribution in [0.4, 0.5) is 4.39 Å². The molecular weight excluding hydrogens is 317 g/mol. The molecule has 6 unspecified atom stereocenters. The molecule has 3 N–H and O–H groups in total. The van der Waals surface area contributed by atoms with Crippen LogP contribution in [0.2, 0.25) is 0 Å². The summed E-state index contributed by atoms with van der Waals surface area (Å²) in [6.07, 6.45) is 9.13. The van der Waals surface area contributed by atoms with Gasteiger partial charge in [0, 0.05) is 11.3 Å². The van der Waals surface area contributed by atoms with Gasteiger partial charge in [0.25, 0.3) is 0 Å². The van der Waals surface area contributed by atoms with Crippen molar-refractivity contribution in [3.63, 3.8) is 0 Å². The van der Waals surface area contributed by atoms with Crippen LogP contribution >= 0.6 is 0 Å². The average molecular weight is 354 g/mol. The summed E-state index contributed by atoms with van der Waals surface area (Å²) in [6.45, 7) is 2.07. The van der Waals surface area contributed by atoms with Gasteiger partial charge in [0.1, 0.15) is 6.17 Å². The molecule has 0 heterocycles. The molecule has 144 valence electrons. The Balaban J connectivity index is 0.000000569. The summed E-state index contributed by atoms with van der Waals surface area (Å²) in [5.74, 6) is 0.809. The van der Waals surface area contributed by atoms with Crippen molar-refractivity contribution in [3.8, 4) is 0 Å². The second-order valence-electron chi connectivity index (χ2n) is 9.15. The predicted octanol–water partition coefficient (Wildman–Crippen LogP) is 3.60. The third kappa shape index (κ3) is 3.30. The number of nitrogens with one attached hydrogen (secondary N) is 1. The second-order valence-corrected chi connectivity index (χ2v) is 9.15. The van der Waals surface area contributed by atoms with E-state index in [0.717, 1.165) is 51.4 Å². The fourth-order valence-corrected chi connectivity index (χ4v) is 6.22. The van der Waals surface area contributed by atoms with Crippen molar-refractivity contribution in [1.82, 2.24) is 5.32 Å². The van der Waals surface area contributed by atoms with E-state index in [1.165, 1.54) is 5.57 Å². The lowest BCUT2D eigenvalue weighted by atomic mass is 9.56. The minimum Gasteiger partial charge on any atom is -0.393 e. The number of alkyl halides is 1. The number of halogens is 1. The molecular formula is C21H36FNO2. The van der Waals surface area contributed by atoms with Crippen molar-refractivity contribution in [2.24, 2.45) is 23.2 Å². The van der Waals surface area contributed by atoms with Crippen LogP contribution in [-0.4, -0.2) is 42.2 Å². The van der Waals surface area contributed by atoms with E-state index in [4.69, 9.17) is 0 Å². The molecule has 0 radical (unpaired) electrons. The lowest BCUT2D eigenvalue weighted by molar-refractivity contribution is -0.137. The van der Waals surface area contributed by atoms with Gasteiger partial charge in [-0.1, -0.05) is 18.6 Å². The van der Waals surface area contributed by atoms with Crippen LogP contribution in [-0.2, 0) is 0 Å². The molecule has 3 fully saturated rings. The molecule has 0 saturated heterocycles. The Hall–Kier alpha value is -0.450. The minimum absolute atomic E-state index is 0.107. The highest BCUT2D eigenvalue weighted by atomic mass is 19.1. The molecule has 0 amide bonds. The van der Waals surface area contributed by atoms with Gasteiger partial charge in [-0.25, -0.2) is 4.39 Å². The van der Waals surface area contributed by atoms with E-state index in [9.17, 15) is 14.6 Å². The summed E-state index contributed by atoms with van der Waals surface area (Å²) in [6, 6.07) is 0. The van der Waals surface area contributed by atoms with Crippen molar-refractivity contribution >= 4 is 0 Å². The highest BCUT2D eigenvalue weighted by Gasteiger charge is 2.60. The molecule has 0 aromatic heterocycles. The zero-order valence-electron chi connectivity index (χ0n) is 16.1. The zero-order valence-corrected chi connectivity index (χ0v) is 16.1. The summed E-state index contributed by atoms with van der Waals surface area (Å²) < 4.78 is 14.5. The number of fused-ring (bicyclic) bond motifs is 4. The first kappa shape index (κ1) is 19.3. The van der Waals surface area contributed by atoms with Crippen molar-refractivity contribution in [2.45, 2.75) is 82.6 Å². The van der Waals surface area contributed by atoms with E-state index >= 15 is 0 Å². The SMILES string of the molecule is CC12CCC3C=C4CC(O)CCC4CC[C@]3(O)C1CCC2F.CNC. The number of hydrogen-bond acceptors (Lipinski definition) is 3. The van der Waals surface area contributed by atoms with Crippen LogP contribution in [0.5, 0.6) is 0 Å². The monoisotopic (exact) mass is 353 g/mol. The molecule has 4 aliphatic carbocycles. The molecule has 4 heteroatoms. The van der Waals surface area contributed by atoms with E-state index in [0.29, 0.717) is 12.3 Å². The van der Waals surface area contributed by atoms with Crippen molar-refractivity contribution in [1.29, 1.82) is 0 Å². The van der Waals surface area contributed by atoms with Gasteiger partial charge < -0.3 is 15.5 Å². The van der Waals surface area contributed by atoms with Crippen molar-refractivity contribution in [3.05, 3.63) is 11.6 Å². The molecule has 0 bridgehead atoms. The number of aliphatic hydroxyl groups excluding tert-OH is 1. The van der Waals surface area contributed by atoms with Gasteiger partial charge in [0.15, 0.2) is 0 Å². The van der Waals surface area contributed by atoms with Crippen molar-refractivity contribution in [2.75, 3.05) is 14.1 Å². The van der Waals surface area contributed by atoms with E-state index in [2.05, 4.69) is 18.3 Å².